The van der Waals surface area contributed by atoms with Gasteiger partial charge in [-0.3, -0.25) is 0 Å². The van der Waals surface area contributed by atoms with E-state index in [2.05, 4.69) is 9.93 Å². The van der Waals surface area contributed by atoms with E-state index < -0.39 is 10.0 Å². The molecular formula is C9H8Cl2N2O2S. The molecule has 1 aliphatic rings. The highest BCUT2D eigenvalue weighted by Gasteiger charge is 2.29. The van der Waals surface area contributed by atoms with Gasteiger partial charge in [-0.1, -0.05) is 23.2 Å². The molecule has 7 heteroatoms. The first kappa shape index (κ1) is 11.7. The van der Waals surface area contributed by atoms with Gasteiger partial charge in [0, 0.05) is 5.56 Å². The molecule has 4 nitrogen and oxygen atoms in total. The van der Waals surface area contributed by atoms with Crippen LogP contribution in [-0.4, -0.2) is 14.1 Å². The van der Waals surface area contributed by atoms with Crippen LogP contribution in [0.3, 0.4) is 0 Å². The number of hydrogen-bond donors (Lipinski definition) is 1. The maximum atomic E-state index is 11.7. The van der Waals surface area contributed by atoms with E-state index in [1.54, 1.807) is 19.9 Å². The number of nitrogens with zero attached hydrogens (tertiary/aromatic N) is 1. The Morgan fingerprint density at radius 2 is 1.88 bits per heavy atom. The van der Waals surface area contributed by atoms with Crippen molar-refractivity contribution < 1.29 is 8.42 Å². The second-order valence-electron chi connectivity index (χ2n) is 3.49. The normalized spacial score (nSPS) is 17.4. The number of hydrazone groups is 1. The fourth-order valence-corrected chi connectivity index (χ4v) is 3.45. The molecule has 0 saturated carbocycles. The van der Waals surface area contributed by atoms with Crippen LogP contribution < -0.4 is 4.83 Å². The Kier molecular flexibility index (Phi) is 2.64. The van der Waals surface area contributed by atoms with Gasteiger partial charge in [-0.05, 0) is 25.5 Å². The van der Waals surface area contributed by atoms with Gasteiger partial charge in [0.25, 0.3) is 10.0 Å². The van der Waals surface area contributed by atoms with Gasteiger partial charge in [-0.2, -0.15) is 18.4 Å². The van der Waals surface area contributed by atoms with Gasteiger partial charge in [0.15, 0.2) is 0 Å². The van der Waals surface area contributed by atoms with Crippen molar-refractivity contribution in [1.29, 1.82) is 0 Å². The number of benzene rings is 1. The zero-order valence-electron chi connectivity index (χ0n) is 8.51. The molecule has 1 N–H and O–H groups in total. The number of aryl methyl sites for hydroxylation is 1. The lowest BCUT2D eigenvalue weighted by molar-refractivity contribution is 0.582. The van der Waals surface area contributed by atoms with Gasteiger partial charge in [0.1, 0.15) is 4.90 Å². The Bertz CT molecular complexity index is 608. The average molecular weight is 279 g/mol. The number of nitrogens with one attached hydrogen (secondary N) is 1. The van der Waals surface area contributed by atoms with E-state index in [9.17, 15) is 8.42 Å². The molecule has 2 rings (SSSR count). The van der Waals surface area contributed by atoms with Gasteiger partial charge >= 0.3 is 0 Å². The number of sulfonamides is 1. The van der Waals surface area contributed by atoms with Gasteiger partial charge in [-0.15, -0.1) is 0 Å². The molecule has 0 fully saturated rings. The Hall–Kier alpha value is -0.780. The summed E-state index contributed by atoms with van der Waals surface area (Å²) in [5.41, 5.74) is 1.77. The van der Waals surface area contributed by atoms with Crippen molar-refractivity contribution in [1.82, 2.24) is 4.83 Å². The summed E-state index contributed by atoms with van der Waals surface area (Å²) in [7, 11) is -3.70. The molecule has 0 saturated heterocycles. The quantitative estimate of drug-likeness (QED) is 0.792. The highest BCUT2D eigenvalue weighted by molar-refractivity contribution is 7.89. The van der Waals surface area contributed by atoms with Gasteiger partial charge in [0.2, 0.25) is 0 Å². The van der Waals surface area contributed by atoms with E-state index in [4.69, 9.17) is 23.2 Å². The molecule has 0 aromatic heterocycles. The summed E-state index contributed by atoms with van der Waals surface area (Å²) < 4.78 is 23.5. The van der Waals surface area contributed by atoms with E-state index in [-0.39, 0.29) is 14.9 Å². The van der Waals surface area contributed by atoms with Crippen LogP contribution >= 0.6 is 23.2 Å². The summed E-state index contributed by atoms with van der Waals surface area (Å²) in [5.74, 6) is 0. The Balaban J connectivity index is 2.93. The van der Waals surface area contributed by atoms with Crippen LogP contribution in [0.15, 0.2) is 16.1 Å². The molecule has 1 aliphatic heterocycles. The van der Waals surface area contributed by atoms with Gasteiger partial charge in [-0.25, -0.2) is 0 Å². The largest absolute Gasteiger partial charge is 0.278 e. The van der Waals surface area contributed by atoms with Gasteiger partial charge in [0.05, 0.1) is 15.8 Å². The van der Waals surface area contributed by atoms with Crippen molar-refractivity contribution in [2.75, 3.05) is 0 Å². The first-order chi connectivity index (χ1) is 7.34. The molecule has 1 aromatic carbocycles. The fraction of sp³-hybridized carbons (Fsp3) is 0.222. The van der Waals surface area contributed by atoms with Crippen molar-refractivity contribution in [2.45, 2.75) is 18.7 Å². The second-order valence-corrected chi connectivity index (χ2v) is 5.84. The monoisotopic (exact) mass is 278 g/mol. The maximum Gasteiger partial charge on any atom is 0.278 e. The maximum absolute atomic E-state index is 11.7. The Morgan fingerprint density at radius 1 is 1.25 bits per heavy atom. The molecule has 1 heterocycles. The van der Waals surface area contributed by atoms with Crippen LogP contribution in [0.5, 0.6) is 0 Å². The number of halogens is 2. The summed E-state index contributed by atoms with van der Waals surface area (Å²) in [5, 5.41) is 4.00. The third-order valence-corrected chi connectivity index (χ3v) is 4.70. The fourth-order valence-electron chi connectivity index (χ4n) is 1.50. The van der Waals surface area contributed by atoms with Crippen molar-refractivity contribution in [3.8, 4) is 0 Å². The first-order valence-electron chi connectivity index (χ1n) is 4.39. The first-order valence-corrected chi connectivity index (χ1v) is 6.63. The predicted molar refractivity (Wildman–Crippen MR) is 63.7 cm³/mol. The van der Waals surface area contributed by atoms with E-state index in [0.717, 1.165) is 5.56 Å². The van der Waals surface area contributed by atoms with Crippen LogP contribution in [0.2, 0.25) is 10.0 Å². The van der Waals surface area contributed by atoms with Crippen LogP contribution in [0.4, 0.5) is 0 Å². The molecule has 0 amide bonds. The standard InChI is InChI=1S/C9H8Cl2N2O2S/c1-4-3-6-5(2)12-13-16(14,15)9(6)8(11)7(4)10/h3,13H,1-2H3. The molecule has 0 atom stereocenters. The lowest BCUT2D eigenvalue weighted by Crippen LogP contribution is -2.27. The van der Waals surface area contributed by atoms with E-state index in [0.29, 0.717) is 11.3 Å². The Labute approximate surface area is 103 Å². The molecule has 0 unspecified atom stereocenters. The molecule has 16 heavy (non-hydrogen) atoms. The highest BCUT2D eigenvalue weighted by Crippen LogP contribution is 2.36. The van der Waals surface area contributed by atoms with Crippen LogP contribution in [-0.2, 0) is 10.0 Å². The van der Waals surface area contributed by atoms with Crippen molar-refractivity contribution in [2.24, 2.45) is 5.10 Å². The predicted octanol–water partition coefficient (Wildman–Crippen LogP) is 2.32. The minimum atomic E-state index is -3.70. The molecule has 0 bridgehead atoms. The van der Waals surface area contributed by atoms with Crippen LogP contribution in [0, 0.1) is 6.92 Å². The Morgan fingerprint density at radius 3 is 2.50 bits per heavy atom. The number of hydrogen-bond acceptors (Lipinski definition) is 3. The second kappa shape index (κ2) is 3.61. The summed E-state index contributed by atoms with van der Waals surface area (Å²) in [6, 6.07) is 1.67. The molecular weight excluding hydrogens is 271 g/mol. The minimum Gasteiger partial charge on any atom is -0.200 e. The van der Waals surface area contributed by atoms with Crippen LogP contribution in [0.25, 0.3) is 0 Å². The van der Waals surface area contributed by atoms with Crippen molar-refractivity contribution in [3.63, 3.8) is 0 Å². The SMILES string of the molecule is CC1=NNS(=O)(=O)c2c1cc(C)c(Cl)c2Cl. The van der Waals surface area contributed by atoms with E-state index >= 15 is 0 Å². The molecule has 86 valence electrons. The third kappa shape index (κ3) is 1.59. The zero-order valence-corrected chi connectivity index (χ0v) is 10.8. The minimum absolute atomic E-state index is 0.00253. The summed E-state index contributed by atoms with van der Waals surface area (Å²) in [6.07, 6.45) is 0. The summed E-state index contributed by atoms with van der Waals surface area (Å²) >= 11 is 11.9. The molecule has 0 spiro atoms. The van der Waals surface area contributed by atoms with E-state index in [1.165, 1.54) is 0 Å². The zero-order chi connectivity index (χ0) is 12.1. The van der Waals surface area contributed by atoms with Crippen LogP contribution in [0.1, 0.15) is 18.1 Å². The third-order valence-electron chi connectivity index (χ3n) is 2.34. The number of rotatable bonds is 0. The summed E-state index contributed by atoms with van der Waals surface area (Å²) in [6.45, 7) is 3.46. The lowest BCUT2D eigenvalue weighted by Gasteiger charge is -2.18. The lowest BCUT2D eigenvalue weighted by atomic mass is 10.1. The average Bonchev–Trinajstić information content (AvgIpc) is 2.20. The number of fused-ring (bicyclic) bond motifs is 1. The highest BCUT2D eigenvalue weighted by atomic mass is 35.5. The van der Waals surface area contributed by atoms with Crippen molar-refractivity contribution >= 4 is 38.9 Å². The summed E-state index contributed by atoms with van der Waals surface area (Å²) in [4.78, 5) is 2.07. The smallest absolute Gasteiger partial charge is 0.200 e. The molecule has 1 aromatic rings. The van der Waals surface area contributed by atoms with Gasteiger partial charge < -0.3 is 0 Å². The van der Waals surface area contributed by atoms with E-state index in [1.807, 2.05) is 0 Å². The topological polar surface area (TPSA) is 58.5 Å². The molecule has 0 aliphatic carbocycles. The van der Waals surface area contributed by atoms with Crippen molar-refractivity contribution in [3.05, 3.63) is 27.2 Å². The molecule has 0 radical (unpaired) electrons.